The van der Waals surface area contributed by atoms with Crippen molar-refractivity contribution < 1.29 is 4.79 Å². The molecule has 1 aliphatic carbocycles. The Morgan fingerprint density at radius 1 is 1.06 bits per heavy atom. The van der Waals surface area contributed by atoms with Gasteiger partial charge in [0.2, 0.25) is 5.91 Å². The molecule has 2 nitrogen and oxygen atoms in total. The lowest BCUT2D eigenvalue weighted by atomic mass is 9.87. The van der Waals surface area contributed by atoms with Gasteiger partial charge in [0, 0.05) is 18.7 Å². The number of allylic oxidation sites excluding steroid dienone is 5. The first-order valence-corrected chi connectivity index (χ1v) is 6.16. The number of amides is 1. The predicted octanol–water partition coefficient (Wildman–Crippen LogP) is 2.87. The van der Waals surface area contributed by atoms with E-state index in [0.29, 0.717) is 0 Å². The van der Waals surface area contributed by atoms with E-state index in [1.165, 1.54) is 0 Å². The fourth-order valence-electron chi connectivity index (χ4n) is 2.73. The van der Waals surface area contributed by atoms with Gasteiger partial charge in [-0.25, -0.2) is 0 Å². The van der Waals surface area contributed by atoms with Crippen molar-refractivity contribution >= 4 is 5.91 Å². The number of likely N-dealkylation sites (tertiary alicyclic amines) is 1. The molecule has 0 aromatic heterocycles. The van der Waals surface area contributed by atoms with Gasteiger partial charge in [0.15, 0.2) is 0 Å². The highest BCUT2D eigenvalue weighted by molar-refractivity contribution is 5.89. The molecule has 2 heteroatoms. The summed E-state index contributed by atoms with van der Waals surface area (Å²) in [7, 11) is 1.86. The van der Waals surface area contributed by atoms with Crippen molar-refractivity contribution in [1.82, 2.24) is 4.90 Å². The minimum Gasteiger partial charge on any atom is -0.318 e. The maximum Gasteiger partial charge on any atom is 0.235 e. The van der Waals surface area contributed by atoms with Crippen LogP contribution >= 0.6 is 0 Å². The number of rotatable bonds is 1. The summed E-state index contributed by atoms with van der Waals surface area (Å²) in [5, 5.41) is 0. The number of benzene rings is 1. The summed E-state index contributed by atoms with van der Waals surface area (Å²) < 4.78 is 0. The van der Waals surface area contributed by atoms with Crippen LogP contribution in [-0.4, -0.2) is 17.9 Å². The Kier molecular flexibility index (Phi) is 2.63. The molecule has 0 spiro atoms. The molecule has 1 aliphatic heterocycles. The fourth-order valence-corrected chi connectivity index (χ4v) is 2.73. The zero-order chi connectivity index (χ0) is 12.5. The number of carbonyl (C=O) groups is 1. The third-order valence-corrected chi connectivity index (χ3v) is 3.65. The van der Waals surface area contributed by atoms with Crippen LogP contribution in [0.1, 0.15) is 11.5 Å². The second-order valence-electron chi connectivity index (χ2n) is 4.67. The first-order valence-electron chi connectivity index (χ1n) is 6.16. The van der Waals surface area contributed by atoms with Gasteiger partial charge in [0.25, 0.3) is 0 Å². The molecule has 0 saturated carbocycles. The van der Waals surface area contributed by atoms with E-state index in [4.69, 9.17) is 0 Å². The lowest BCUT2D eigenvalue weighted by Crippen LogP contribution is -2.21. The Morgan fingerprint density at radius 3 is 2.61 bits per heavy atom. The zero-order valence-corrected chi connectivity index (χ0v) is 10.3. The second-order valence-corrected chi connectivity index (χ2v) is 4.67. The lowest BCUT2D eigenvalue weighted by Gasteiger charge is -2.13. The van der Waals surface area contributed by atoms with Crippen LogP contribution in [0.25, 0.3) is 0 Å². The average Bonchev–Trinajstić information content (AvgIpc) is 2.60. The molecule has 0 unspecified atom stereocenters. The minimum atomic E-state index is -0.0846. The van der Waals surface area contributed by atoms with Gasteiger partial charge in [0.1, 0.15) is 0 Å². The van der Waals surface area contributed by atoms with Crippen LogP contribution in [0.2, 0.25) is 0 Å². The molecule has 1 amide bonds. The summed E-state index contributed by atoms with van der Waals surface area (Å²) in [5.74, 6) is 0.246. The van der Waals surface area contributed by atoms with Crippen LogP contribution in [-0.2, 0) is 4.79 Å². The number of carbonyl (C=O) groups excluding carboxylic acids is 1. The molecule has 0 bridgehead atoms. The van der Waals surface area contributed by atoms with Gasteiger partial charge in [-0.15, -0.1) is 0 Å². The number of fused-ring (bicyclic) bond motifs is 1. The van der Waals surface area contributed by atoms with Gasteiger partial charge in [-0.1, -0.05) is 54.6 Å². The van der Waals surface area contributed by atoms with Crippen LogP contribution in [0, 0.1) is 5.92 Å². The number of likely N-dealkylation sites (N-methyl/N-ethyl adjacent to an activating group) is 1. The van der Waals surface area contributed by atoms with E-state index in [-0.39, 0.29) is 17.7 Å². The number of hydrogen-bond acceptors (Lipinski definition) is 1. The molecule has 0 radical (unpaired) electrons. The molecule has 0 N–H and O–H groups in total. The molecular weight excluding hydrogens is 222 g/mol. The molecule has 90 valence electrons. The quantitative estimate of drug-likeness (QED) is 0.735. The highest BCUT2D eigenvalue weighted by Gasteiger charge is 2.41. The third-order valence-electron chi connectivity index (χ3n) is 3.65. The summed E-state index contributed by atoms with van der Waals surface area (Å²) in [5.41, 5.74) is 2.17. The first-order chi connectivity index (χ1) is 8.79. The van der Waals surface area contributed by atoms with E-state index in [1.807, 2.05) is 61.7 Å². The van der Waals surface area contributed by atoms with E-state index in [0.717, 1.165) is 11.3 Å². The largest absolute Gasteiger partial charge is 0.318 e. The first kappa shape index (κ1) is 11.0. The average molecular weight is 237 g/mol. The van der Waals surface area contributed by atoms with Gasteiger partial charge >= 0.3 is 0 Å². The van der Waals surface area contributed by atoms with Gasteiger partial charge in [-0.2, -0.15) is 0 Å². The van der Waals surface area contributed by atoms with Crippen molar-refractivity contribution in [1.29, 1.82) is 0 Å². The summed E-state index contributed by atoms with van der Waals surface area (Å²) >= 11 is 0. The Labute approximate surface area is 107 Å². The maximum atomic E-state index is 12.4. The lowest BCUT2D eigenvalue weighted by molar-refractivity contribution is -0.127. The van der Waals surface area contributed by atoms with Crippen molar-refractivity contribution in [2.24, 2.45) is 5.92 Å². The predicted molar refractivity (Wildman–Crippen MR) is 71.8 cm³/mol. The highest BCUT2D eigenvalue weighted by atomic mass is 16.2. The van der Waals surface area contributed by atoms with Crippen LogP contribution in [0.4, 0.5) is 0 Å². The van der Waals surface area contributed by atoms with E-state index in [1.54, 1.807) is 4.90 Å². The van der Waals surface area contributed by atoms with Gasteiger partial charge in [-0.05, 0) is 11.6 Å². The molecule has 18 heavy (non-hydrogen) atoms. The summed E-state index contributed by atoms with van der Waals surface area (Å²) in [4.78, 5) is 14.2. The molecule has 1 saturated heterocycles. The minimum absolute atomic E-state index is 0.0846. The molecule has 2 atom stereocenters. The zero-order valence-electron chi connectivity index (χ0n) is 10.3. The van der Waals surface area contributed by atoms with Gasteiger partial charge in [-0.3, -0.25) is 4.79 Å². The van der Waals surface area contributed by atoms with Crippen molar-refractivity contribution in [3.63, 3.8) is 0 Å². The standard InChI is InChI=1S/C16H15NO/c1-17-14-11-7-3-6-10-13(14)15(16(17)18)12-8-4-2-5-9-12/h2-11,13,15H,1H3/t13-,15+/m1/s1. The normalized spacial score (nSPS) is 25.9. The molecule has 2 aliphatic rings. The SMILES string of the molecule is CN1C(=O)[C@@H](c2ccccc2)[C@@H]2C=CC=CC=C21. The fraction of sp³-hybridized carbons (Fsp3) is 0.188. The highest BCUT2D eigenvalue weighted by Crippen LogP contribution is 2.41. The van der Waals surface area contributed by atoms with Crippen molar-refractivity contribution in [2.45, 2.75) is 5.92 Å². The number of nitrogens with zero attached hydrogens (tertiary/aromatic N) is 1. The second kappa shape index (κ2) is 4.30. The van der Waals surface area contributed by atoms with Crippen LogP contribution in [0.5, 0.6) is 0 Å². The maximum absolute atomic E-state index is 12.4. The molecular formula is C16H15NO. The van der Waals surface area contributed by atoms with Crippen molar-refractivity contribution in [3.8, 4) is 0 Å². The van der Waals surface area contributed by atoms with E-state index in [2.05, 4.69) is 6.08 Å². The van der Waals surface area contributed by atoms with Crippen molar-refractivity contribution in [2.75, 3.05) is 7.05 Å². The Hall–Kier alpha value is -2.09. The number of hydrogen-bond donors (Lipinski definition) is 0. The molecule has 1 fully saturated rings. The Balaban J connectivity index is 2.08. The van der Waals surface area contributed by atoms with Crippen LogP contribution < -0.4 is 0 Å². The molecule has 1 aromatic rings. The van der Waals surface area contributed by atoms with Gasteiger partial charge in [0.05, 0.1) is 5.92 Å². The Morgan fingerprint density at radius 2 is 1.83 bits per heavy atom. The van der Waals surface area contributed by atoms with E-state index < -0.39 is 0 Å². The van der Waals surface area contributed by atoms with E-state index >= 15 is 0 Å². The monoisotopic (exact) mass is 237 g/mol. The van der Waals surface area contributed by atoms with Crippen LogP contribution in [0.3, 0.4) is 0 Å². The summed E-state index contributed by atoms with van der Waals surface area (Å²) in [6.45, 7) is 0. The Bertz CT molecular complexity index is 554. The smallest absolute Gasteiger partial charge is 0.235 e. The molecule has 1 heterocycles. The van der Waals surface area contributed by atoms with Crippen molar-refractivity contribution in [3.05, 3.63) is 72.0 Å². The topological polar surface area (TPSA) is 20.3 Å². The molecule has 1 aromatic carbocycles. The third kappa shape index (κ3) is 1.61. The summed E-state index contributed by atoms with van der Waals surface area (Å²) in [6, 6.07) is 10.0. The van der Waals surface area contributed by atoms with Gasteiger partial charge < -0.3 is 4.90 Å². The van der Waals surface area contributed by atoms with Crippen LogP contribution in [0.15, 0.2) is 66.4 Å². The molecule has 3 rings (SSSR count). The van der Waals surface area contributed by atoms with E-state index in [9.17, 15) is 4.79 Å². The summed E-state index contributed by atoms with van der Waals surface area (Å²) in [6.07, 6.45) is 10.2.